The number of carbonyl (C=O) groups excluding carboxylic acids is 1. The van der Waals surface area contributed by atoms with Crippen molar-refractivity contribution in [3.8, 4) is 0 Å². The lowest BCUT2D eigenvalue weighted by Gasteiger charge is -2.02. The Hall–Kier alpha value is -1.10. The molecule has 0 aromatic rings. The fourth-order valence-electron chi connectivity index (χ4n) is 0.343. The molecule has 0 saturated heterocycles. The van der Waals surface area contributed by atoms with E-state index in [0.717, 1.165) is 6.08 Å². The second kappa shape index (κ2) is 5.67. The van der Waals surface area contributed by atoms with Crippen molar-refractivity contribution in [1.82, 2.24) is 0 Å². The Morgan fingerprint density at radius 3 is 2.55 bits per heavy atom. The zero-order chi connectivity index (χ0) is 8.69. The maximum atomic E-state index is 10.4. The Balaban J connectivity index is 3.21. The van der Waals surface area contributed by atoms with E-state index in [2.05, 4.69) is 28.3 Å². The molecule has 0 spiro atoms. The number of esters is 1. The molecule has 2 N–H and O–H groups in total. The molecule has 0 amide bonds. The summed E-state index contributed by atoms with van der Waals surface area (Å²) < 4.78 is 9.18. The molecule has 5 heteroatoms. The molecule has 0 heterocycles. The van der Waals surface area contributed by atoms with Crippen molar-refractivity contribution in [3.63, 3.8) is 0 Å². The average Bonchev–Trinajstić information content (AvgIpc) is 1.97. The third kappa shape index (κ3) is 6.79. The predicted molar refractivity (Wildman–Crippen MR) is 43.9 cm³/mol. The van der Waals surface area contributed by atoms with Crippen LogP contribution in [0.1, 0.15) is 0 Å². The third-order valence-electron chi connectivity index (χ3n) is 0.739. The summed E-state index contributed by atoms with van der Waals surface area (Å²) in [5.74, 6) is -0.489. The van der Waals surface area contributed by atoms with Gasteiger partial charge >= 0.3 is 5.97 Å². The van der Waals surface area contributed by atoms with Crippen molar-refractivity contribution < 1.29 is 14.3 Å². The van der Waals surface area contributed by atoms with Crippen LogP contribution in [0, 0.1) is 0 Å². The first-order valence-corrected chi connectivity index (χ1v) is 3.29. The molecule has 0 aromatic heterocycles. The van der Waals surface area contributed by atoms with E-state index in [-0.39, 0.29) is 18.4 Å². The Labute approximate surface area is 70.0 Å². The quantitative estimate of drug-likeness (QED) is 0.281. The summed E-state index contributed by atoms with van der Waals surface area (Å²) in [5.41, 5.74) is 4.99. The first-order valence-electron chi connectivity index (χ1n) is 2.88. The van der Waals surface area contributed by atoms with Crippen molar-refractivity contribution in [2.75, 3.05) is 13.2 Å². The maximum absolute atomic E-state index is 10.4. The van der Waals surface area contributed by atoms with Crippen LogP contribution in [0.15, 0.2) is 12.7 Å². The van der Waals surface area contributed by atoms with Gasteiger partial charge in [0, 0.05) is 6.08 Å². The lowest BCUT2D eigenvalue weighted by molar-refractivity contribution is -0.138. The van der Waals surface area contributed by atoms with Gasteiger partial charge in [0.2, 0.25) is 0 Å². The van der Waals surface area contributed by atoms with Crippen LogP contribution in [0.2, 0.25) is 0 Å². The standard InChI is InChI=1S/C6H9NO3S/c1-2-5(8)9-3-4-10-6(7)11/h2H,1,3-4H2,(H2,7,11). The van der Waals surface area contributed by atoms with Crippen molar-refractivity contribution >= 4 is 23.4 Å². The number of carbonyl (C=O) groups is 1. The van der Waals surface area contributed by atoms with Gasteiger partial charge in [0.05, 0.1) is 0 Å². The van der Waals surface area contributed by atoms with Gasteiger partial charge in [0.1, 0.15) is 13.2 Å². The van der Waals surface area contributed by atoms with Crippen LogP contribution in [0.5, 0.6) is 0 Å². The molecule has 0 fully saturated rings. The monoisotopic (exact) mass is 175 g/mol. The average molecular weight is 175 g/mol. The van der Waals surface area contributed by atoms with Gasteiger partial charge in [0.15, 0.2) is 0 Å². The van der Waals surface area contributed by atoms with Crippen LogP contribution in [-0.2, 0) is 14.3 Å². The smallest absolute Gasteiger partial charge is 0.330 e. The molecule has 0 saturated carbocycles. The molecule has 0 rings (SSSR count). The van der Waals surface area contributed by atoms with Crippen LogP contribution in [-0.4, -0.2) is 24.4 Å². The molecule has 4 nitrogen and oxygen atoms in total. The molecular formula is C6H9NO3S. The van der Waals surface area contributed by atoms with E-state index < -0.39 is 5.97 Å². The first-order chi connectivity index (χ1) is 5.16. The van der Waals surface area contributed by atoms with Gasteiger partial charge in [-0.25, -0.2) is 4.79 Å². The number of hydrogen-bond donors (Lipinski definition) is 1. The predicted octanol–water partition coefficient (Wildman–Crippen LogP) is -0.0242. The fraction of sp³-hybridized carbons (Fsp3) is 0.333. The summed E-state index contributed by atoms with van der Waals surface area (Å²) in [7, 11) is 0. The second-order valence-electron chi connectivity index (χ2n) is 1.54. The molecule has 11 heavy (non-hydrogen) atoms. The van der Waals surface area contributed by atoms with E-state index in [0.29, 0.717) is 0 Å². The minimum atomic E-state index is -0.489. The molecule has 0 aliphatic rings. The lowest BCUT2D eigenvalue weighted by atomic mass is 10.6. The van der Waals surface area contributed by atoms with Gasteiger partial charge < -0.3 is 15.2 Å². The summed E-state index contributed by atoms with van der Waals surface area (Å²) in [6, 6.07) is 0. The van der Waals surface area contributed by atoms with Crippen molar-refractivity contribution in [2.45, 2.75) is 0 Å². The summed E-state index contributed by atoms with van der Waals surface area (Å²) in [6.07, 6.45) is 1.07. The van der Waals surface area contributed by atoms with Gasteiger partial charge in [-0.05, 0) is 12.2 Å². The topological polar surface area (TPSA) is 61.5 Å². The molecular weight excluding hydrogens is 166 g/mol. The van der Waals surface area contributed by atoms with Crippen LogP contribution in [0.4, 0.5) is 0 Å². The van der Waals surface area contributed by atoms with Crippen LogP contribution in [0.3, 0.4) is 0 Å². The Morgan fingerprint density at radius 2 is 2.09 bits per heavy atom. The first kappa shape index (κ1) is 9.90. The van der Waals surface area contributed by atoms with Gasteiger partial charge in [-0.15, -0.1) is 0 Å². The van der Waals surface area contributed by atoms with Crippen molar-refractivity contribution in [1.29, 1.82) is 0 Å². The van der Waals surface area contributed by atoms with Gasteiger partial charge in [-0.2, -0.15) is 0 Å². The van der Waals surface area contributed by atoms with E-state index in [4.69, 9.17) is 5.73 Å². The summed E-state index contributed by atoms with van der Waals surface area (Å²) in [5, 5.41) is -0.0559. The Morgan fingerprint density at radius 1 is 1.55 bits per heavy atom. The molecule has 0 unspecified atom stereocenters. The highest BCUT2D eigenvalue weighted by Crippen LogP contribution is 1.80. The molecule has 0 atom stereocenters. The second-order valence-corrected chi connectivity index (χ2v) is 1.94. The minimum absolute atomic E-state index is 0.0559. The largest absolute Gasteiger partial charge is 0.468 e. The normalized spacial score (nSPS) is 8.36. The SMILES string of the molecule is C=CC(=O)OCCOC(N)=S. The number of thiocarbonyl (C=S) groups is 1. The van der Waals surface area contributed by atoms with Gasteiger partial charge in [0.25, 0.3) is 5.17 Å². The summed E-state index contributed by atoms with van der Waals surface area (Å²) in [4.78, 5) is 10.4. The van der Waals surface area contributed by atoms with E-state index in [1.54, 1.807) is 0 Å². The highest BCUT2D eigenvalue weighted by Gasteiger charge is 1.94. The lowest BCUT2D eigenvalue weighted by Crippen LogP contribution is -2.17. The Bertz CT molecular complexity index is 169. The molecule has 0 bridgehead atoms. The minimum Gasteiger partial charge on any atom is -0.468 e. The fourth-order valence-corrected chi connectivity index (χ4v) is 0.427. The third-order valence-corrected chi connectivity index (χ3v) is 0.856. The van der Waals surface area contributed by atoms with Crippen molar-refractivity contribution in [2.24, 2.45) is 5.73 Å². The van der Waals surface area contributed by atoms with Gasteiger partial charge in [-0.3, -0.25) is 0 Å². The molecule has 62 valence electrons. The van der Waals surface area contributed by atoms with Crippen molar-refractivity contribution in [3.05, 3.63) is 12.7 Å². The molecule has 0 aliphatic heterocycles. The summed E-state index contributed by atoms with van der Waals surface area (Å²) >= 11 is 4.40. The number of rotatable bonds is 4. The highest BCUT2D eigenvalue weighted by atomic mass is 32.1. The van der Waals surface area contributed by atoms with E-state index in [1.807, 2.05) is 0 Å². The zero-order valence-corrected chi connectivity index (χ0v) is 6.73. The molecule has 0 aromatic carbocycles. The van der Waals surface area contributed by atoms with E-state index in [9.17, 15) is 4.79 Å². The number of ether oxygens (including phenoxy) is 2. The number of hydrogen-bond acceptors (Lipinski definition) is 4. The highest BCUT2D eigenvalue weighted by molar-refractivity contribution is 7.80. The maximum Gasteiger partial charge on any atom is 0.330 e. The van der Waals surface area contributed by atoms with Gasteiger partial charge in [-0.1, -0.05) is 6.58 Å². The Kier molecular flexibility index (Phi) is 5.10. The van der Waals surface area contributed by atoms with Crippen LogP contribution in [0.25, 0.3) is 0 Å². The van der Waals surface area contributed by atoms with E-state index >= 15 is 0 Å². The molecule has 0 radical (unpaired) electrons. The van der Waals surface area contributed by atoms with E-state index in [1.165, 1.54) is 0 Å². The summed E-state index contributed by atoms with van der Waals surface area (Å²) in [6.45, 7) is 3.51. The number of nitrogens with two attached hydrogens (primary N) is 1. The van der Waals surface area contributed by atoms with Crippen LogP contribution < -0.4 is 5.73 Å². The molecule has 0 aliphatic carbocycles. The zero-order valence-electron chi connectivity index (χ0n) is 5.91. The van der Waals surface area contributed by atoms with Crippen LogP contribution >= 0.6 is 12.2 Å².